The zero-order valence-corrected chi connectivity index (χ0v) is 13.5. The predicted octanol–water partition coefficient (Wildman–Crippen LogP) is 2.90. The Morgan fingerprint density at radius 1 is 1.15 bits per heavy atom. The van der Waals surface area contributed by atoms with Gasteiger partial charge in [0.25, 0.3) is 0 Å². The van der Waals surface area contributed by atoms with Gasteiger partial charge in [-0.25, -0.2) is 15.8 Å². The fraction of sp³-hybridized carbons (Fsp3) is 0.733. The molecule has 0 unspecified atom stereocenters. The van der Waals surface area contributed by atoms with Crippen LogP contribution in [0.25, 0.3) is 0 Å². The van der Waals surface area contributed by atoms with Crippen molar-refractivity contribution in [1.29, 1.82) is 0 Å². The predicted molar refractivity (Wildman–Crippen MR) is 85.9 cm³/mol. The van der Waals surface area contributed by atoms with E-state index in [4.69, 9.17) is 10.8 Å². The van der Waals surface area contributed by atoms with Gasteiger partial charge in [-0.15, -0.1) is 0 Å². The quantitative estimate of drug-likeness (QED) is 0.566. The zero-order valence-electron chi connectivity index (χ0n) is 13.5. The second-order valence-corrected chi connectivity index (χ2v) is 5.16. The number of hydrogen-bond donors (Lipinski definition) is 2. The first-order chi connectivity index (χ1) is 9.60. The van der Waals surface area contributed by atoms with Gasteiger partial charge in [-0.1, -0.05) is 33.6 Å². The first kappa shape index (κ1) is 16.7. The van der Waals surface area contributed by atoms with Crippen LogP contribution in [-0.4, -0.2) is 23.1 Å². The molecule has 5 nitrogen and oxygen atoms in total. The lowest BCUT2D eigenvalue weighted by atomic mass is 10.0. The molecule has 0 aromatic carbocycles. The largest absolute Gasteiger partial charge is 0.356 e. The molecule has 0 amide bonds. The number of hydrazine groups is 1. The van der Waals surface area contributed by atoms with E-state index in [0.29, 0.717) is 5.92 Å². The molecule has 0 saturated heterocycles. The van der Waals surface area contributed by atoms with Crippen molar-refractivity contribution >= 4 is 11.6 Å². The van der Waals surface area contributed by atoms with Crippen LogP contribution in [0.1, 0.15) is 51.9 Å². The molecule has 0 aliphatic heterocycles. The monoisotopic (exact) mass is 279 g/mol. The maximum absolute atomic E-state index is 5.58. The topological polar surface area (TPSA) is 67.1 Å². The van der Waals surface area contributed by atoms with Gasteiger partial charge in [-0.05, 0) is 19.8 Å². The molecular formula is C15H29N5. The Hall–Kier alpha value is -1.36. The van der Waals surface area contributed by atoms with Crippen LogP contribution in [0.2, 0.25) is 0 Å². The minimum Gasteiger partial charge on any atom is -0.356 e. The Morgan fingerprint density at radius 3 is 2.25 bits per heavy atom. The SMILES string of the molecule is CCc1nc(NN)c(C)c(N(CC)CC(CC)CC)n1. The molecular weight excluding hydrogens is 250 g/mol. The highest BCUT2D eigenvalue weighted by Gasteiger charge is 2.17. The average Bonchev–Trinajstić information content (AvgIpc) is 2.49. The van der Waals surface area contributed by atoms with Gasteiger partial charge < -0.3 is 10.3 Å². The van der Waals surface area contributed by atoms with E-state index in [1.54, 1.807) is 0 Å². The lowest BCUT2D eigenvalue weighted by Gasteiger charge is -2.28. The molecule has 5 heteroatoms. The summed E-state index contributed by atoms with van der Waals surface area (Å²) in [4.78, 5) is 11.5. The van der Waals surface area contributed by atoms with Crippen LogP contribution in [0.15, 0.2) is 0 Å². The van der Waals surface area contributed by atoms with Crippen LogP contribution in [-0.2, 0) is 6.42 Å². The molecule has 0 saturated carbocycles. The molecule has 0 radical (unpaired) electrons. The summed E-state index contributed by atoms with van der Waals surface area (Å²) in [5.41, 5.74) is 3.72. The van der Waals surface area contributed by atoms with Crippen molar-refractivity contribution in [3.8, 4) is 0 Å². The Bertz CT molecular complexity index is 415. The molecule has 114 valence electrons. The zero-order chi connectivity index (χ0) is 15.1. The number of nitrogens with one attached hydrogen (secondary N) is 1. The number of aryl methyl sites for hydroxylation is 1. The summed E-state index contributed by atoms with van der Waals surface area (Å²) in [5.74, 6) is 8.86. The molecule has 0 aliphatic rings. The summed E-state index contributed by atoms with van der Waals surface area (Å²) >= 11 is 0. The number of nitrogen functional groups attached to an aromatic ring is 1. The van der Waals surface area contributed by atoms with Crippen LogP contribution in [0.5, 0.6) is 0 Å². The minimum atomic E-state index is 0.698. The highest BCUT2D eigenvalue weighted by Crippen LogP contribution is 2.25. The standard InChI is InChI=1S/C15H29N5/c1-6-12(7-2)10-20(9-4)15-11(5)14(19-16)17-13(8-3)18-15/h12H,6-10,16H2,1-5H3,(H,17,18,19). The van der Waals surface area contributed by atoms with E-state index in [1.165, 1.54) is 12.8 Å². The third-order valence-corrected chi connectivity index (χ3v) is 3.93. The second kappa shape index (κ2) is 8.04. The van der Waals surface area contributed by atoms with Crippen LogP contribution in [0.3, 0.4) is 0 Å². The fourth-order valence-corrected chi connectivity index (χ4v) is 2.38. The number of hydrogen-bond acceptors (Lipinski definition) is 5. The van der Waals surface area contributed by atoms with Crippen molar-refractivity contribution in [2.45, 2.75) is 53.9 Å². The summed E-state index contributed by atoms with van der Waals surface area (Å²) in [6, 6.07) is 0. The van der Waals surface area contributed by atoms with Crippen molar-refractivity contribution in [2.75, 3.05) is 23.4 Å². The van der Waals surface area contributed by atoms with Crippen molar-refractivity contribution in [3.05, 3.63) is 11.4 Å². The Kier molecular flexibility index (Phi) is 6.71. The first-order valence-corrected chi connectivity index (χ1v) is 7.70. The van der Waals surface area contributed by atoms with Gasteiger partial charge in [0.1, 0.15) is 17.5 Å². The number of rotatable bonds is 8. The molecule has 1 aromatic heterocycles. The summed E-state index contributed by atoms with van der Waals surface area (Å²) < 4.78 is 0. The van der Waals surface area contributed by atoms with Crippen LogP contribution < -0.4 is 16.2 Å². The van der Waals surface area contributed by atoms with Gasteiger partial charge in [0.15, 0.2) is 0 Å². The number of nitrogens with two attached hydrogens (primary N) is 1. The van der Waals surface area contributed by atoms with E-state index in [1.807, 2.05) is 6.92 Å². The third kappa shape index (κ3) is 3.82. The van der Waals surface area contributed by atoms with Crippen LogP contribution >= 0.6 is 0 Å². The van der Waals surface area contributed by atoms with E-state index in [9.17, 15) is 0 Å². The fourth-order valence-electron chi connectivity index (χ4n) is 2.38. The van der Waals surface area contributed by atoms with Crippen LogP contribution in [0, 0.1) is 12.8 Å². The smallest absolute Gasteiger partial charge is 0.148 e. The molecule has 0 fully saturated rings. The second-order valence-electron chi connectivity index (χ2n) is 5.16. The Labute approximate surface area is 123 Å². The molecule has 0 spiro atoms. The van der Waals surface area contributed by atoms with E-state index in [0.717, 1.165) is 42.5 Å². The normalized spacial score (nSPS) is 10.9. The highest BCUT2D eigenvalue weighted by atomic mass is 15.3. The number of nitrogens with zero attached hydrogens (tertiary/aromatic N) is 3. The van der Waals surface area contributed by atoms with Crippen molar-refractivity contribution in [2.24, 2.45) is 11.8 Å². The maximum atomic E-state index is 5.58. The van der Waals surface area contributed by atoms with E-state index < -0.39 is 0 Å². The maximum Gasteiger partial charge on any atom is 0.148 e. The van der Waals surface area contributed by atoms with E-state index >= 15 is 0 Å². The van der Waals surface area contributed by atoms with Gasteiger partial charge in [-0.3, -0.25) is 0 Å². The van der Waals surface area contributed by atoms with Crippen molar-refractivity contribution in [1.82, 2.24) is 9.97 Å². The highest BCUT2D eigenvalue weighted by molar-refractivity contribution is 5.58. The molecule has 0 atom stereocenters. The molecule has 3 N–H and O–H groups in total. The summed E-state index contributed by atoms with van der Waals surface area (Å²) in [5, 5.41) is 0. The summed E-state index contributed by atoms with van der Waals surface area (Å²) in [6.07, 6.45) is 3.20. The Morgan fingerprint density at radius 2 is 1.80 bits per heavy atom. The molecule has 0 aliphatic carbocycles. The molecule has 20 heavy (non-hydrogen) atoms. The third-order valence-electron chi connectivity index (χ3n) is 3.93. The molecule has 1 heterocycles. The minimum absolute atomic E-state index is 0.698. The lowest BCUT2D eigenvalue weighted by Crippen LogP contribution is -2.31. The van der Waals surface area contributed by atoms with E-state index in [-0.39, 0.29) is 0 Å². The lowest BCUT2D eigenvalue weighted by molar-refractivity contribution is 0.484. The van der Waals surface area contributed by atoms with Gasteiger partial charge >= 0.3 is 0 Å². The number of anilines is 2. The average molecular weight is 279 g/mol. The van der Waals surface area contributed by atoms with Gasteiger partial charge in [0.05, 0.1) is 0 Å². The Balaban J connectivity index is 3.13. The van der Waals surface area contributed by atoms with Crippen molar-refractivity contribution < 1.29 is 0 Å². The molecule has 1 aromatic rings. The van der Waals surface area contributed by atoms with Gasteiger partial charge in [0.2, 0.25) is 0 Å². The van der Waals surface area contributed by atoms with Crippen LogP contribution in [0.4, 0.5) is 11.6 Å². The van der Waals surface area contributed by atoms with Crippen molar-refractivity contribution in [3.63, 3.8) is 0 Å². The molecule has 1 rings (SSSR count). The number of aromatic nitrogens is 2. The molecule has 0 bridgehead atoms. The van der Waals surface area contributed by atoms with Gasteiger partial charge in [-0.2, -0.15) is 0 Å². The van der Waals surface area contributed by atoms with E-state index in [2.05, 4.69) is 43.0 Å². The van der Waals surface area contributed by atoms with Gasteiger partial charge in [0, 0.05) is 25.1 Å². The first-order valence-electron chi connectivity index (χ1n) is 7.70. The summed E-state index contributed by atoms with van der Waals surface area (Å²) in [6.45, 7) is 12.7. The summed E-state index contributed by atoms with van der Waals surface area (Å²) in [7, 11) is 0.